The predicted octanol–water partition coefficient (Wildman–Crippen LogP) is 2.29. The van der Waals surface area contributed by atoms with Crippen LogP contribution in [-0.4, -0.2) is 21.7 Å². The van der Waals surface area contributed by atoms with Crippen molar-refractivity contribution < 1.29 is 4.39 Å². The molecule has 1 aromatic heterocycles. The number of halogens is 1. The van der Waals surface area contributed by atoms with Crippen molar-refractivity contribution in [2.24, 2.45) is 0 Å². The molecule has 1 heterocycles. The van der Waals surface area contributed by atoms with Crippen LogP contribution in [0.3, 0.4) is 0 Å². The standard InChI is InChI=1S/C11H12FN5/c1-2-7-13-10-15-11(17-16-10)14-9-5-3-8(12)4-6-9/h2-6H,1,7H2,(H3,13,14,15,16,17). The molecule has 88 valence electrons. The number of hydrogen-bond donors (Lipinski definition) is 3. The first-order valence-corrected chi connectivity index (χ1v) is 5.07. The molecule has 0 atom stereocenters. The van der Waals surface area contributed by atoms with E-state index in [2.05, 4.69) is 32.4 Å². The second kappa shape index (κ2) is 5.11. The molecule has 17 heavy (non-hydrogen) atoms. The molecule has 2 aromatic rings. The monoisotopic (exact) mass is 233 g/mol. The molecule has 0 aliphatic rings. The van der Waals surface area contributed by atoms with Crippen molar-refractivity contribution >= 4 is 17.6 Å². The van der Waals surface area contributed by atoms with Crippen LogP contribution in [0.1, 0.15) is 0 Å². The van der Waals surface area contributed by atoms with Gasteiger partial charge < -0.3 is 10.6 Å². The minimum Gasteiger partial charge on any atom is -0.349 e. The van der Waals surface area contributed by atoms with Crippen LogP contribution in [0.5, 0.6) is 0 Å². The molecule has 0 bridgehead atoms. The lowest BCUT2D eigenvalue weighted by molar-refractivity contribution is 0.628. The average molecular weight is 233 g/mol. The van der Waals surface area contributed by atoms with Gasteiger partial charge in [0.15, 0.2) is 0 Å². The van der Waals surface area contributed by atoms with Gasteiger partial charge in [-0.3, -0.25) is 0 Å². The molecule has 0 saturated carbocycles. The number of anilines is 3. The molecular formula is C11H12FN5. The quantitative estimate of drug-likeness (QED) is 0.693. The van der Waals surface area contributed by atoms with Crippen molar-refractivity contribution in [1.29, 1.82) is 0 Å². The van der Waals surface area contributed by atoms with Gasteiger partial charge in [-0.1, -0.05) is 6.08 Å². The zero-order valence-corrected chi connectivity index (χ0v) is 9.07. The third-order valence-electron chi connectivity index (χ3n) is 2.00. The number of H-pyrrole nitrogens is 1. The Morgan fingerprint density at radius 3 is 2.82 bits per heavy atom. The van der Waals surface area contributed by atoms with Crippen LogP contribution < -0.4 is 10.6 Å². The van der Waals surface area contributed by atoms with Crippen molar-refractivity contribution in [2.45, 2.75) is 0 Å². The Labute approximate surface area is 97.8 Å². The second-order valence-electron chi connectivity index (χ2n) is 3.31. The van der Waals surface area contributed by atoms with Gasteiger partial charge in [0.2, 0.25) is 11.9 Å². The van der Waals surface area contributed by atoms with Crippen molar-refractivity contribution in [3.8, 4) is 0 Å². The Morgan fingerprint density at radius 2 is 2.12 bits per heavy atom. The molecule has 0 aliphatic heterocycles. The minimum atomic E-state index is -0.276. The topological polar surface area (TPSA) is 65.6 Å². The molecule has 0 amide bonds. The van der Waals surface area contributed by atoms with Gasteiger partial charge in [-0.15, -0.1) is 11.7 Å². The Morgan fingerprint density at radius 1 is 1.35 bits per heavy atom. The summed E-state index contributed by atoms with van der Waals surface area (Å²) < 4.78 is 12.7. The third-order valence-corrected chi connectivity index (χ3v) is 2.00. The van der Waals surface area contributed by atoms with Crippen LogP contribution in [-0.2, 0) is 0 Å². The first-order valence-electron chi connectivity index (χ1n) is 5.07. The Kier molecular flexibility index (Phi) is 3.34. The van der Waals surface area contributed by atoms with Crippen molar-refractivity contribution in [3.63, 3.8) is 0 Å². The summed E-state index contributed by atoms with van der Waals surface area (Å²) in [5.41, 5.74) is 0.734. The molecule has 5 nitrogen and oxygen atoms in total. The van der Waals surface area contributed by atoms with E-state index in [0.29, 0.717) is 18.4 Å². The summed E-state index contributed by atoms with van der Waals surface area (Å²) in [7, 11) is 0. The van der Waals surface area contributed by atoms with Crippen molar-refractivity contribution in [2.75, 3.05) is 17.2 Å². The fraction of sp³-hybridized carbons (Fsp3) is 0.0909. The molecule has 2 rings (SSSR count). The van der Waals surface area contributed by atoms with Crippen molar-refractivity contribution in [3.05, 3.63) is 42.7 Å². The predicted molar refractivity (Wildman–Crippen MR) is 64.8 cm³/mol. The molecule has 0 spiro atoms. The van der Waals surface area contributed by atoms with Crippen LogP contribution in [0.4, 0.5) is 22.0 Å². The lowest BCUT2D eigenvalue weighted by Gasteiger charge is -2.00. The summed E-state index contributed by atoms with van der Waals surface area (Å²) in [6, 6.07) is 5.98. The highest BCUT2D eigenvalue weighted by molar-refractivity contribution is 5.53. The van der Waals surface area contributed by atoms with Crippen LogP contribution in [0.15, 0.2) is 36.9 Å². The summed E-state index contributed by atoms with van der Waals surface area (Å²) in [5.74, 6) is 0.694. The van der Waals surface area contributed by atoms with Gasteiger partial charge in [0.25, 0.3) is 0 Å². The molecule has 3 N–H and O–H groups in total. The summed E-state index contributed by atoms with van der Waals surface area (Å²) in [6.45, 7) is 4.17. The fourth-order valence-electron chi connectivity index (χ4n) is 1.23. The highest BCUT2D eigenvalue weighted by Crippen LogP contribution is 2.13. The van der Waals surface area contributed by atoms with E-state index in [4.69, 9.17) is 0 Å². The van der Waals surface area contributed by atoms with Crippen LogP contribution in [0.25, 0.3) is 0 Å². The van der Waals surface area contributed by atoms with Gasteiger partial charge >= 0.3 is 0 Å². The van der Waals surface area contributed by atoms with Crippen LogP contribution >= 0.6 is 0 Å². The number of rotatable bonds is 5. The maximum Gasteiger partial charge on any atom is 0.243 e. The van der Waals surface area contributed by atoms with E-state index in [1.165, 1.54) is 12.1 Å². The molecule has 0 aliphatic carbocycles. The van der Waals surface area contributed by atoms with Crippen LogP contribution in [0.2, 0.25) is 0 Å². The number of aromatic amines is 1. The number of hydrogen-bond acceptors (Lipinski definition) is 4. The van der Waals surface area contributed by atoms with E-state index in [9.17, 15) is 4.39 Å². The highest BCUT2D eigenvalue weighted by Gasteiger charge is 2.01. The van der Waals surface area contributed by atoms with Gasteiger partial charge in [-0.2, -0.15) is 4.98 Å². The van der Waals surface area contributed by atoms with Gasteiger partial charge in [-0.05, 0) is 24.3 Å². The normalized spacial score (nSPS) is 9.94. The average Bonchev–Trinajstić information content (AvgIpc) is 2.77. The van der Waals surface area contributed by atoms with Gasteiger partial charge in [0.05, 0.1) is 0 Å². The third kappa shape index (κ3) is 3.04. The number of nitrogens with one attached hydrogen (secondary N) is 3. The lowest BCUT2D eigenvalue weighted by atomic mass is 10.3. The number of aromatic nitrogens is 3. The van der Waals surface area contributed by atoms with Gasteiger partial charge in [-0.25, -0.2) is 9.49 Å². The molecule has 1 aromatic carbocycles. The summed E-state index contributed by atoms with van der Waals surface area (Å²) >= 11 is 0. The molecule has 0 radical (unpaired) electrons. The highest BCUT2D eigenvalue weighted by atomic mass is 19.1. The minimum absolute atomic E-state index is 0.276. The number of nitrogens with zero attached hydrogens (tertiary/aromatic N) is 2. The second-order valence-corrected chi connectivity index (χ2v) is 3.31. The summed E-state index contributed by atoms with van der Waals surface area (Å²) in [5, 5.41) is 12.6. The van der Waals surface area contributed by atoms with E-state index >= 15 is 0 Å². The van der Waals surface area contributed by atoms with Crippen LogP contribution in [0, 0.1) is 5.82 Å². The maximum absolute atomic E-state index is 12.7. The lowest BCUT2D eigenvalue weighted by Crippen LogP contribution is -1.99. The first kappa shape index (κ1) is 11.1. The van der Waals surface area contributed by atoms with E-state index in [0.717, 1.165) is 5.69 Å². The van der Waals surface area contributed by atoms with Gasteiger partial charge in [0, 0.05) is 12.2 Å². The maximum atomic E-state index is 12.7. The molecule has 0 unspecified atom stereocenters. The molecule has 6 heteroatoms. The largest absolute Gasteiger partial charge is 0.349 e. The summed E-state index contributed by atoms with van der Waals surface area (Å²) in [6.07, 6.45) is 1.71. The SMILES string of the molecule is C=CCNc1n[nH]c(Nc2ccc(F)cc2)n1. The molecular weight excluding hydrogens is 221 g/mol. The fourth-order valence-corrected chi connectivity index (χ4v) is 1.23. The Balaban J connectivity index is 2.01. The Hall–Kier alpha value is -2.37. The first-order chi connectivity index (χ1) is 8.28. The molecule has 0 saturated heterocycles. The van der Waals surface area contributed by atoms with E-state index in [-0.39, 0.29) is 5.82 Å². The zero-order valence-electron chi connectivity index (χ0n) is 9.07. The van der Waals surface area contributed by atoms with E-state index < -0.39 is 0 Å². The number of benzene rings is 1. The zero-order chi connectivity index (χ0) is 12.1. The Bertz CT molecular complexity index is 491. The smallest absolute Gasteiger partial charge is 0.243 e. The van der Waals surface area contributed by atoms with E-state index in [1.807, 2.05) is 0 Å². The van der Waals surface area contributed by atoms with Crippen molar-refractivity contribution in [1.82, 2.24) is 15.2 Å². The van der Waals surface area contributed by atoms with Gasteiger partial charge in [0.1, 0.15) is 5.82 Å². The molecule has 0 fully saturated rings. The summed E-state index contributed by atoms with van der Waals surface area (Å²) in [4.78, 5) is 4.14. The van der Waals surface area contributed by atoms with E-state index in [1.54, 1.807) is 18.2 Å².